The zero-order valence-electron chi connectivity index (χ0n) is 22.7. The second-order valence-corrected chi connectivity index (χ2v) is 11.4. The van der Waals surface area contributed by atoms with Crippen LogP contribution in [-0.4, -0.2) is 65.8 Å². The van der Waals surface area contributed by atoms with Crippen LogP contribution in [0.3, 0.4) is 0 Å². The molecule has 2 saturated heterocycles. The van der Waals surface area contributed by atoms with E-state index in [4.69, 9.17) is 4.74 Å². The first-order valence-corrected chi connectivity index (χ1v) is 14.1. The molecule has 0 saturated carbocycles. The maximum absolute atomic E-state index is 13.0. The summed E-state index contributed by atoms with van der Waals surface area (Å²) < 4.78 is 6.49. The van der Waals surface area contributed by atoms with Crippen molar-refractivity contribution in [2.45, 2.75) is 44.1 Å². The lowest BCUT2D eigenvalue weighted by atomic mass is 9.71. The number of hydrogen-bond donors (Lipinski definition) is 1. The van der Waals surface area contributed by atoms with E-state index in [9.17, 15) is 24.3 Å². The van der Waals surface area contributed by atoms with Crippen LogP contribution in [0.1, 0.15) is 44.1 Å². The summed E-state index contributed by atoms with van der Waals surface area (Å²) in [5.74, 6) is -1.98. The van der Waals surface area contributed by atoms with E-state index in [2.05, 4.69) is 12.2 Å². The Balaban J connectivity index is 1.41. The minimum absolute atomic E-state index is 0.0902. The number of aliphatic hydroxyl groups is 1. The average molecular weight is 535 g/mol. The number of ether oxygens (including phenoxy) is 1. The third-order valence-electron chi connectivity index (χ3n) is 9.40. The van der Waals surface area contributed by atoms with Crippen molar-refractivity contribution in [1.82, 2.24) is 9.80 Å². The number of fused-ring (bicyclic) bond motifs is 2. The van der Waals surface area contributed by atoms with Crippen molar-refractivity contribution in [2.75, 3.05) is 27.3 Å². The predicted molar refractivity (Wildman–Crippen MR) is 144 cm³/mol. The van der Waals surface area contributed by atoms with Crippen LogP contribution in [0.2, 0.25) is 0 Å². The van der Waals surface area contributed by atoms with Crippen molar-refractivity contribution in [3.05, 3.63) is 60.2 Å². The monoisotopic (exact) mass is 534 g/mol. The molecule has 39 heavy (non-hydrogen) atoms. The molecule has 8 heteroatoms. The Bertz CT molecular complexity index is 1110. The molecule has 6 unspecified atom stereocenters. The smallest absolute Gasteiger partial charge is 0.233 e. The third-order valence-corrected chi connectivity index (χ3v) is 9.40. The molecule has 0 spiro atoms. The third kappa shape index (κ3) is 4.89. The summed E-state index contributed by atoms with van der Waals surface area (Å²) >= 11 is 0. The molecule has 2 aliphatic heterocycles. The fourth-order valence-corrected chi connectivity index (χ4v) is 7.29. The first-order chi connectivity index (χ1) is 18.8. The number of aliphatic hydroxyl groups excluding tert-OH is 1. The first-order valence-electron chi connectivity index (χ1n) is 14.1. The standard InChI is InChI=1S/C31H38N2O6/c1-32-27(35)23-12-6-8-20(25(23)29(32)37)14-16-31(39-19-18-34,22-10-4-3-5-11-22)17-15-21-9-7-13-24-26(21)30(38)33(2)28(24)36/h3-11,20-21,23-26,34H,12-19H2,1-2H3. The number of carbonyl (C=O) groups is 4. The number of likely N-dealkylation sites (tertiary alicyclic amines) is 2. The van der Waals surface area contributed by atoms with Crippen LogP contribution in [0.5, 0.6) is 0 Å². The molecule has 1 aromatic carbocycles. The maximum atomic E-state index is 13.0. The molecular weight excluding hydrogens is 496 g/mol. The molecule has 1 N–H and O–H groups in total. The lowest BCUT2D eigenvalue weighted by Crippen LogP contribution is -2.36. The highest BCUT2D eigenvalue weighted by molar-refractivity contribution is 6.06. The largest absolute Gasteiger partial charge is 0.394 e. The lowest BCUT2D eigenvalue weighted by Gasteiger charge is -2.38. The Morgan fingerprint density at radius 1 is 0.795 bits per heavy atom. The van der Waals surface area contributed by atoms with Crippen LogP contribution < -0.4 is 0 Å². The summed E-state index contributed by atoms with van der Waals surface area (Å²) in [6.45, 7) is 0.0144. The molecular formula is C31H38N2O6. The zero-order chi connectivity index (χ0) is 27.7. The van der Waals surface area contributed by atoms with E-state index >= 15 is 0 Å². The van der Waals surface area contributed by atoms with Gasteiger partial charge in [0.1, 0.15) is 0 Å². The van der Waals surface area contributed by atoms with E-state index in [1.807, 2.05) is 42.5 Å². The van der Waals surface area contributed by atoms with Gasteiger partial charge < -0.3 is 9.84 Å². The number of nitrogens with zero attached hydrogens (tertiary/aromatic N) is 2. The molecule has 6 atom stereocenters. The SMILES string of the molecule is CN1C(=O)C2CC=CC(CCC(CCC3C=CCC4C(=O)N(C)C(=O)C34)(OCCO)c3ccccc3)C2C1=O. The van der Waals surface area contributed by atoms with Gasteiger partial charge in [-0.2, -0.15) is 0 Å². The fourth-order valence-electron chi connectivity index (χ4n) is 7.29. The molecule has 8 nitrogen and oxygen atoms in total. The van der Waals surface area contributed by atoms with E-state index in [0.29, 0.717) is 38.5 Å². The van der Waals surface area contributed by atoms with Gasteiger partial charge >= 0.3 is 0 Å². The lowest BCUT2D eigenvalue weighted by molar-refractivity contribution is -0.139. The highest BCUT2D eigenvalue weighted by Gasteiger charge is 2.51. The van der Waals surface area contributed by atoms with Gasteiger partial charge in [0.25, 0.3) is 0 Å². The van der Waals surface area contributed by atoms with Crippen LogP contribution in [0.25, 0.3) is 0 Å². The number of carbonyl (C=O) groups excluding carboxylic acids is 4. The number of allylic oxidation sites excluding steroid dienone is 4. The van der Waals surface area contributed by atoms with Crippen LogP contribution in [0, 0.1) is 35.5 Å². The molecule has 2 fully saturated rings. The summed E-state index contributed by atoms with van der Waals surface area (Å²) in [5, 5.41) is 9.72. The van der Waals surface area contributed by atoms with Crippen molar-refractivity contribution in [2.24, 2.45) is 35.5 Å². The normalized spacial score (nSPS) is 31.6. The van der Waals surface area contributed by atoms with Gasteiger partial charge in [-0.25, -0.2) is 0 Å². The molecule has 2 aliphatic carbocycles. The van der Waals surface area contributed by atoms with Crippen LogP contribution in [0.4, 0.5) is 0 Å². The van der Waals surface area contributed by atoms with Crippen LogP contribution in [0.15, 0.2) is 54.6 Å². The average Bonchev–Trinajstić information content (AvgIpc) is 3.33. The minimum atomic E-state index is -0.763. The second kappa shape index (κ2) is 11.2. The van der Waals surface area contributed by atoms with Crippen LogP contribution >= 0.6 is 0 Å². The topological polar surface area (TPSA) is 104 Å². The van der Waals surface area contributed by atoms with Gasteiger partial charge in [0.15, 0.2) is 0 Å². The van der Waals surface area contributed by atoms with Crippen molar-refractivity contribution in [1.29, 1.82) is 0 Å². The van der Waals surface area contributed by atoms with E-state index in [0.717, 1.165) is 5.56 Å². The van der Waals surface area contributed by atoms with Crippen molar-refractivity contribution >= 4 is 23.6 Å². The van der Waals surface area contributed by atoms with Crippen molar-refractivity contribution < 1.29 is 29.0 Å². The second-order valence-electron chi connectivity index (χ2n) is 11.4. The zero-order valence-corrected chi connectivity index (χ0v) is 22.7. The first kappa shape index (κ1) is 27.5. The van der Waals surface area contributed by atoms with Gasteiger partial charge in [0, 0.05) is 14.1 Å². The van der Waals surface area contributed by atoms with Crippen molar-refractivity contribution in [3.8, 4) is 0 Å². The summed E-state index contributed by atoms with van der Waals surface area (Å²) in [6.07, 6.45) is 11.8. The molecule has 1 aromatic rings. The summed E-state index contributed by atoms with van der Waals surface area (Å²) in [6, 6.07) is 9.91. The Morgan fingerprint density at radius 2 is 1.28 bits per heavy atom. The van der Waals surface area contributed by atoms with Crippen LogP contribution in [-0.2, 0) is 29.5 Å². The Hall–Kier alpha value is -3.10. The highest BCUT2D eigenvalue weighted by atomic mass is 16.5. The van der Waals surface area contributed by atoms with E-state index in [1.54, 1.807) is 14.1 Å². The molecule has 4 aliphatic rings. The van der Waals surface area contributed by atoms with Crippen molar-refractivity contribution in [3.63, 3.8) is 0 Å². The fraction of sp³-hybridized carbons (Fsp3) is 0.548. The summed E-state index contributed by atoms with van der Waals surface area (Å²) in [7, 11) is 3.13. The Labute approximate surface area is 229 Å². The van der Waals surface area contributed by atoms with Gasteiger partial charge in [0.05, 0.1) is 42.5 Å². The molecule has 0 radical (unpaired) electrons. The minimum Gasteiger partial charge on any atom is -0.394 e. The molecule has 0 bridgehead atoms. The molecule has 0 aromatic heterocycles. The predicted octanol–water partition coefficient (Wildman–Crippen LogP) is 3.07. The molecule has 4 amide bonds. The quantitative estimate of drug-likeness (QED) is 0.366. The van der Waals surface area contributed by atoms with E-state index in [-0.39, 0.29) is 72.3 Å². The Kier molecular flexibility index (Phi) is 7.87. The highest BCUT2D eigenvalue weighted by Crippen LogP contribution is 2.46. The molecule has 5 rings (SSSR count). The summed E-state index contributed by atoms with van der Waals surface area (Å²) in [5.41, 5.74) is 0.212. The van der Waals surface area contributed by atoms with Gasteiger partial charge in [-0.3, -0.25) is 29.0 Å². The number of imide groups is 2. The number of hydrogen-bond acceptors (Lipinski definition) is 6. The molecule has 208 valence electrons. The van der Waals surface area contributed by atoms with Gasteiger partial charge in [0.2, 0.25) is 23.6 Å². The Morgan fingerprint density at radius 3 is 1.74 bits per heavy atom. The number of benzene rings is 1. The van der Waals surface area contributed by atoms with E-state index < -0.39 is 5.60 Å². The van der Waals surface area contributed by atoms with Gasteiger partial charge in [-0.15, -0.1) is 0 Å². The molecule has 2 heterocycles. The number of amides is 4. The van der Waals surface area contributed by atoms with E-state index in [1.165, 1.54) is 9.80 Å². The summed E-state index contributed by atoms with van der Waals surface area (Å²) in [4.78, 5) is 53.8. The van der Waals surface area contributed by atoms with Gasteiger partial charge in [-0.1, -0.05) is 54.6 Å². The van der Waals surface area contributed by atoms with Gasteiger partial charge in [-0.05, 0) is 55.9 Å². The maximum Gasteiger partial charge on any atom is 0.233 e. The number of rotatable bonds is 10.